The van der Waals surface area contributed by atoms with Crippen molar-refractivity contribution >= 4 is 47.9 Å². The first-order chi connectivity index (χ1) is 7.56. The summed E-state index contributed by atoms with van der Waals surface area (Å²) in [6.45, 7) is 2.22. The van der Waals surface area contributed by atoms with E-state index in [-0.39, 0.29) is 43.5 Å². The molecule has 0 unspecified atom stereocenters. The van der Waals surface area contributed by atoms with Crippen molar-refractivity contribution < 1.29 is 13.0 Å². The van der Waals surface area contributed by atoms with Crippen LogP contribution in [0.5, 0.6) is 0 Å². The standard InChI is InChI=1S/C12H26O3S.Ca.2H/c1-2-3-4-5-6-7-8-9-10-11-12-16(13,14)15;;;/h2-12H2,1H3,(H,13,14,15);;;. The van der Waals surface area contributed by atoms with E-state index >= 15 is 0 Å². The van der Waals surface area contributed by atoms with Crippen LogP contribution in [0.25, 0.3) is 0 Å². The molecule has 5 heteroatoms. The second-order valence-electron chi connectivity index (χ2n) is 4.47. The third-order valence-corrected chi connectivity index (χ3v) is 3.56. The van der Waals surface area contributed by atoms with Crippen LogP contribution in [0.4, 0.5) is 0 Å². The van der Waals surface area contributed by atoms with E-state index in [0.29, 0.717) is 6.42 Å². The molecule has 0 heterocycles. The van der Waals surface area contributed by atoms with Gasteiger partial charge in [0.25, 0.3) is 10.1 Å². The van der Waals surface area contributed by atoms with Crippen molar-refractivity contribution in [3.63, 3.8) is 0 Å². The number of unbranched alkanes of at least 4 members (excludes halogenated alkanes) is 9. The van der Waals surface area contributed by atoms with Crippen LogP contribution in [0.3, 0.4) is 0 Å². The molecule has 0 rings (SSSR count). The average Bonchev–Trinajstić information content (AvgIpc) is 2.19. The van der Waals surface area contributed by atoms with Gasteiger partial charge in [0.1, 0.15) is 0 Å². The van der Waals surface area contributed by atoms with Gasteiger partial charge in [-0.1, -0.05) is 64.7 Å². The zero-order chi connectivity index (χ0) is 12.3. The summed E-state index contributed by atoms with van der Waals surface area (Å²) in [6, 6.07) is 0. The normalized spacial score (nSPS) is 11.2. The maximum atomic E-state index is 10.4. The van der Waals surface area contributed by atoms with E-state index in [9.17, 15) is 8.42 Å². The van der Waals surface area contributed by atoms with Gasteiger partial charge >= 0.3 is 37.7 Å². The Morgan fingerprint density at radius 3 is 1.47 bits per heavy atom. The van der Waals surface area contributed by atoms with E-state index in [1.165, 1.54) is 44.9 Å². The van der Waals surface area contributed by atoms with Crippen LogP contribution in [0.1, 0.15) is 71.1 Å². The van der Waals surface area contributed by atoms with E-state index < -0.39 is 10.1 Å². The third kappa shape index (κ3) is 19.7. The number of hydrogen-bond donors (Lipinski definition) is 1. The molecule has 17 heavy (non-hydrogen) atoms. The molecule has 0 saturated carbocycles. The second kappa shape index (κ2) is 13.6. The number of rotatable bonds is 11. The minimum absolute atomic E-state index is 0. The van der Waals surface area contributed by atoms with Crippen LogP contribution in [0, 0.1) is 0 Å². The fraction of sp³-hybridized carbons (Fsp3) is 1.00. The van der Waals surface area contributed by atoms with Crippen molar-refractivity contribution in [1.29, 1.82) is 0 Å². The Bertz CT molecular complexity index is 240. The Balaban J connectivity index is 0. The molecule has 0 atom stereocenters. The molecule has 0 aromatic rings. The van der Waals surface area contributed by atoms with E-state index in [1.54, 1.807) is 0 Å². The van der Waals surface area contributed by atoms with Gasteiger partial charge in [0.15, 0.2) is 0 Å². The van der Waals surface area contributed by atoms with Crippen LogP contribution in [-0.2, 0) is 10.1 Å². The Morgan fingerprint density at radius 2 is 1.12 bits per heavy atom. The van der Waals surface area contributed by atoms with E-state index in [1.807, 2.05) is 0 Å². The Kier molecular flexibility index (Phi) is 16.4. The van der Waals surface area contributed by atoms with Gasteiger partial charge < -0.3 is 0 Å². The molecule has 0 bridgehead atoms. The van der Waals surface area contributed by atoms with Crippen molar-refractivity contribution in [2.75, 3.05) is 5.75 Å². The zero-order valence-corrected chi connectivity index (χ0v) is 11.3. The van der Waals surface area contributed by atoms with Gasteiger partial charge in [0, 0.05) is 0 Å². The molecular formula is C12H28CaO3S. The van der Waals surface area contributed by atoms with Gasteiger partial charge in [-0.3, -0.25) is 4.55 Å². The molecule has 0 fully saturated rings. The first-order valence-electron chi connectivity index (χ1n) is 6.51. The van der Waals surface area contributed by atoms with Crippen LogP contribution in [-0.4, -0.2) is 56.5 Å². The summed E-state index contributed by atoms with van der Waals surface area (Å²) in [5.74, 6) is -0.0799. The first-order valence-corrected chi connectivity index (χ1v) is 8.12. The molecule has 0 radical (unpaired) electrons. The molecule has 3 nitrogen and oxygen atoms in total. The molecular weight excluding hydrogens is 264 g/mol. The van der Waals surface area contributed by atoms with Crippen LogP contribution >= 0.6 is 0 Å². The quantitative estimate of drug-likeness (QED) is 0.362. The Hall–Kier alpha value is 1.17. The summed E-state index contributed by atoms with van der Waals surface area (Å²) in [5, 5.41) is 0. The van der Waals surface area contributed by atoms with Crippen molar-refractivity contribution in [2.24, 2.45) is 0 Å². The van der Waals surface area contributed by atoms with Crippen LogP contribution in [0.15, 0.2) is 0 Å². The predicted octanol–water partition coefficient (Wildman–Crippen LogP) is 2.88. The fourth-order valence-electron chi connectivity index (χ4n) is 1.77. The van der Waals surface area contributed by atoms with Gasteiger partial charge in [-0.25, -0.2) is 0 Å². The van der Waals surface area contributed by atoms with Crippen molar-refractivity contribution in [2.45, 2.75) is 71.1 Å². The molecule has 0 aliphatic rings. The van der Waals surface area contributed by atoms with Crippen LogP contribution in [0.2, 0.25) is 0 Å². The third-order valence-electron chi connectivity index (χ3n) is 2.76. The van der Waals surface area contributed by atoms with Crippen molar-refractivity contribution in [3.05, 3.63) is 0 Å². The van der Waals surface area contributed by atoms with Gasteiger partial charge in [-0.15, -0.1) is 0 Å². The second-order valence-corrected chi connectivity index (χ2v) is 6.04. The van der Waals surface area contributed by atoms with Gasteiger partial charge in [-0.05, 0) is 6.42 Å². The Labute approximate surface area is 136 Å². The molecule has 0 spiro atoms. The fourth-order valence-corrected chi connectivity index (χ4v) is 2.34. The first kappa shape index (κ1) is 20.5. The topological polar surface area (TPSA) is 54.4 Å². The summed E-state index contributed by atoms with van der Waals surface area (Å²) in [4.78, 5) is 0. The summed E-state index contributed by atoms with van der Waals surface area (Å²) in [7, 11) is -3.73. The maximum absolute atomic E-state index is 10.4. The summed E-state index contributed by atoms with van der Waals surface area (Å²) < 4.78 is 29.4. The molecule has 0 aliphatic heterocycles. The van der Waals surface area contributed by atoms with Crippen molar-refractivity contribution in [3.8, 4) is 0 Å². The zero-order valence-electron chi connectivity index (χ0n) is 10.5. The minimum atomic E-state index is -3.73. The monoisotopic (exact) mass is 292 g/mol. The molecule has 1 N–H and O–H groups in total. The number of hydrogen-bond acceptors (Lipinski definition) is 2. The molecule has 0 amide bonds. The van der Waals surface area contributed by atoms with Gasteiger partial charge in [-0.2, -0.15) is 8.42 Å². The SMILES string of the molecule is CCCCCCCCCCCCS(=O)(=O)O.[CaH2]. The van der Waals surface area contributed by atoms with Crippen molar-refractivity contribution in [1.82, 2.24) is 0 Å². The molecule has 0 aromatic heterocycles. The summed E-state index contributed by atoms with van der Waals surface area (Å²) in [5.41, 5.74) is 0. The van der Waals surface area contributed by atoms with Gasteiger partial charge in [0.05, 0.1) is 5.75 Å². The van der Waals surface area contributed by atoms with E-state index in [0.717, 1.165) is 12.8 Å². The van der Waals surface area contributed by atoms with E-state index in [4.69, 9.17) is 4.55 Å². The molecule has 0 aromatic carbocycles. The molecule has 0 aliphatic carbocycles. The van der Waals surface area contributed by atoms with Crippen LogP contribution < -0.4 is 0 Å². The summed E-state index contributed by atoms with van der Waals surface area (Å²) >= 11 is 0. The van der Waals surface area contributed by atoms with E-state index in [2.05, 4.69) is 6.92 Å². The molecule has 102 valence electrons. The predicted molar refractivity (Wildman–Crippen MR) is 76.8 cm³/mol. The molecule has 0 saturated heterocycles. The van der Waals surface area contributed by atoms with Gasteiger partial charge in [0.2, 0.25) is 0 Å². The average molecular weight is 292 g/mol. The summed E-state index contributed by atoms with van der Waals surface area (Å²) in [6.07, 6.45) is 11.7. The Morgan fingerprint density at radius 1 is 0.765 bits per heavy atom.